The van der Waals surface area contributed by atoms with Crippen LogP contribution in [-0.4, -0.2) is 10.1 Å². The number of carbonyl (C=O) groups excluding carboxylic acids is 1. The Morgan fingerprint density at radius 3 is 1.78 bits per heavy atom. The third-order valence-electron chi connectivity index (χ3n) is 9.34. The average Bonchev–Trinajstić information content (AvgIpc) is 2.69. The molecule has 0 aromatic rings. The molecular weight excluding hydrogens is 375 g/mol. The fourth-order valence-corrected chi connectivity index (χ4v) is 8.55. The first kappa shape index (κ1) is 20.5. The molecule has 0 heterocycles. The zero-order chi connectivity index (χ0) is 19.3. The van der Waals surface area contributed by atoms with Gasteiger partial charge in [-0.05, 0) is 87.9 Å². The Morgan fingerprint density at radius 2 is 1.30 bits per heavy atom. The van der Waals surface area contributed by atoms with Crippen molar-refractivity contribution in [2.24, 2.45) is 34.5 Å². The van der Waals surface area contributed by atoms with Crippen LogP contribution in [0.3, 0.4) is 0 Å². The van der Waals surface area contributed by atoms with E-state index in [0.29, 0.717) is 5.78 Å². The Bertz CT molecular complexity index is 545. The van der Waals surface area contributed by atoms with Gasteiger partial charge in [0, 0.05) is 0 Å². The van der Waals surface area contributed by atoms with Gasteiger partial charge >= 0.3 is 0 Å². The van der Waals surface area contributed by atoms with E-state index in [1.807, 2.05) is 0 Å². The van der Waals surface area contributed by atoms with Gasteiger partial charge in [0.2, 0.25) is 0 Å². The van der Waals surface area contributed by atoms with Gasteiger partial charge in [-0.25, -0.2) is 0 Å². The monoisotopic (exact) mass is 412 g/mol. The molecule has 4 fully saturated rings. The van der Waals surface area contributed by atoms with Crippen LogP contribution in [0.4, 0.5) is 0 Å². The molecule has 4 aliphatic carbocycles. The minimum absolute atomic E-state index is 0.423. The van der Waals surface area contributed by atoms with Crippen molar-refractivity contribution < 1.29 is 4.79 Å². The first-order valence-electron chi connectivity index (χ1n) is 11.8. The van der Waals surface area contributed by atoms with Gasteiger partial charge in [0.25, 0.3) is 0 Å². The maximum absolute atomic E-state index is 13.6. The molecule has 154 valence electrons. The number of ketones is 1. The standard InChI is InChI=1S/C24H38Cl2O/c1-3-4-18-9-13-22(14-10-18)21(27)23(24(22,25)26)15-11-20(12-16-23)19-7-5-17(2)6-8-19/h17-20H,3-16H2,1-2H3/t17?,18?,19?,20-,22-,23+. The minimum atomic E-state index is -0.819. The lowest BCUT2D eigenvalue weighted by Crippen LogP contribution is -2.74. The van der Waals surface area contributed by atoms with E-state index >= 15 is 0 Å². The van der Waals surface area contributed by atoms with E-state index in [-0.39, 0.29) is 0 Å². The number of Topliss-reactive ketones (excluding diaryl/α,β-unsaturated/α-hetero) is 1. The maximum Gasteiger partial charge on any atom is 0.151 e. The molecule has 1 nitrogen and oxygen atoms in total. The Kier molecular flexibility index (Phi) is 5.70. The van der Waals surface area contributed by atoms with Crippen molar-refractivity contribution in [1.82, 2.24) is 0 Å². The van der Waals surface area contributed by atoms with Crippen molar-refractivity contribution in [3.8, 4) is 0 Å². The van der Waals surface area contributed by atoms with E-state index in [4.69, 9.17) is 23.2 Å². The smallest absolute Gasteiger partial charge is 0.151 e. The molecular formula is C24H38Cl2O. The Morgan fingerprint density at radius 1 is 0.815 bits per heavy atom. The number of carbonyl (C=O) groups is 1. The third kappa shape index (κ3) is 3.04. The number of alkyl halides is 2. The molecule has 0 atom stereocenters. The number of rotatable bonds is 3. The highest BCUT2D eigenvalue weighted by Gasteiger charge is 2.79. The molecule has 0 saturated heterocycles. The minimum Gasteiger partial charge on any atom is -0.298 e. The fraction of sp³-hybridized carbons (Fsp3) is 0.958. The molecule has 0 aromatic heterocycles. The summed E-state index contributed by atoms with van der Waals surface area (Å²) in [4.78, 5) is 13.6. The molecule has 2 spiro atoms. The molecule has 0 aromatic carbocycles. The lowest BCUT2D eigenvalue weighted by atomic mass is 9.42. The van der Waals surface area contributed by atoms with Crippen LogP contribution in [0, 0.1) is 34.5 Å². The highest BCUT2D eigenvalue weighted by Crippen LogP contribution is 2.74. The van der Waals surface area contributed by atoms with Gasteiger partial charge in [0.1, 0.15) is 4.33 Å². The molecule has 4 aliphatic rings. The maximum atomic E-state index is 13.6. The summed E-state index contributed by atoms with van der Waals surface area (Å²) in [5.41, 5.74) is -0.848. The number of hydrogen-bond donors (Lipinski definition) is 0. The zero-order valence-electron chi connectivity index (χ0n) is 17.4. The number of halogens is 2. The van der Waals surface area contributed by atoms with Gasteiger partial charge < -0.3 is 0 Å². The van der Waals surface area contributed by atoms with Crippen LogP contribution in [0.15, 0.2) is 0 Å². The first-order chi connectivity index (χ1) is 12.9. The van der Waals surface area contributed by atoms with Gasteiger partial charge in [0.15, 0.2) is 5.78 Å². The van der Waals surface area contributed by atoms with Crippen LogP contribution in [0.25, 0.3) is 0 Å². The van der Waals surface area contributed by atoms with Crippen LogP contribution in [0.2, 0.25) is 0 Å². The van der Waals surface area contributed by atoms with Gasteiger partial charge in [-0.15, -0.1) is 0 Å². The van der Waals surface area contributed by atoms with Crippen molar-refractivity contribution in [2.75, 3.05) is 0 Å². The topological polar surface area (TPSA) is 17.1 Å². The predicted octanol–water partition coefficient (Wildman–Crippen LogP) is 7.72. The van der Waals surface area contributed by atoms with E-state index < -0.39 is 15.2 Å². The number of hydrogen-bond acceptors (Lipinski definition) is 1. The van der Waals surface area contributed by atoms with Crippen molar-refractivity contribution in [2.45, 2.75) is 108 Å². The summed E-state index contributed by atoms with van der Waals surface area (Å²) in [6.45, 7) is 4.65. The molecule has 4 saturated carbocycles. The second-order valence-electron chi connectivity index (χ2n) is 10.7. The van der Waals surface area contributed by atoms with Crippen molar-refractivity contribution in [3.05, 3.63) is 0 Å². The lowest BCUT2D eigenvalue weighted by molar-refractivity contribution is -0.173. The average molecular weight is 413 g/mol. The summed E-state index contributed by atoms with van der Waals surface area (Å²) in [6, 6.07) is 0. The van der Waals surface area contributed by atoms with E-state index in [1.54, 1.807) is 0 Å². The molecule has 0 aliphatic heterocycles. The molecule has 0 N–H and O–H groups in total. The summed E-state index contributed by atoms with van der Waals surface area (Å²) >= 11 is 14.2. The van der Waals surface area contributed by atoms with Gasteiger partial charge in [-0.1, -0.05) is 62.7 Å². The van der Waals surface area contributed by atoms with E-state index in [2.05, 4.69) is 13.8 Å². The van der Waals surface area contributed by atoms with Gasteiger partial charge in [-0.3, -0.25) is 4.79 Å². The molecule has 0 unspecified atom stereocenters. The SMILES string of the molecule is CCCC1CC[C@]2(CC1)C(=O)[C@@]1(CC[C@@H](C3CCC(C)CC3)CC1)C2(Cl)Cl. The van der Waals surface area contributed by atoms with Crippen LogP contribution >= 0.6 is 23.2 Å². The summed E-state index contributed by atoms with van der Waals surface area (Å²) in [5, 5.41) is 0. The third-order valence-corrected chi connectivity index (χ3v) is 10.8. The molecule has 3 heteroatoms. The zero-order valence-corrected chi connectivity index (χ0v) is 18.9. The summed E-state index contributed by atoms with van der Waals surface area (Å²) in [7, 11) is 0. The summed E-state index contributed by atoms with van der Waals surface area (Å²) < 4.78 is -0.819. The van der Waals surface area contributed by atoms with Crippen molar-refractivity contribution >= 4 is 29.0 Å². The Hall–Kier alpha value is 0.250. The predicted molar refractivity (Wildman–Crippen MR) is 114 cm³/mol. The molecule has 0 amide bonds. The Labute approximate surface area is 176 Å². The largest absolute Gasteiger partial charge is 0.298 e. The van der Waals surface area contributed by atoms with Crippen LogP contribution in [0.5, 0.6) is 0 Å². The molecule has 0 bridgehead atoms. The molecule has 0 radical (unpaired) electrons. The summed E-state index contributed by atoms with van der Waals surface area (Å²) in [5.74, 6) is 3.82. The second-order valence-corrected chi connectivity index (χ2v) is 12.0. The normalized spacial score (nSPS) is 47.2. The van der Waals surface area contributed by atoms with Crippen LogP contribution in [0.1, 0.15) is 104 Å². The van der Waals surface area contributed by atoms with E-state index in [1.165, 1.54) is 51.4 Å². The molecule has 4 rings (SSSR count). The Balaban J connectivity index is 1.40. The van der Waals surface area contributed by atoms with Crippen molar-refractivity contribution in [3.63, 3.8) is 0 Å². The summed E-state index contributed by atoms with van der Waals surface area (Å²) in [6.07, 6.45) is 16.4. The first-order valence-corrected chi connectivity index (χ1v) is 12.5. The van der Waals surface area contributed by atoms with Crippen LogP contribution < -0.4 is 0 Å². The van der Waals surface area contributed by atoms with Gasteiger partial charge in [0.05, 0.1) is 10.8 Å². The lowest BCUT2D eigenvalue weighted by Gasteiger charge is -2.67. The van der Waals surface area contributed by atoms with Crippen molar-refractivity contribution in [1.29, 1.82) is 0 Å². The highest BCUT2D eigenvalue weighted by atomic mass is 35.5. The van der Waals surface area contributed by atoms with Gasteiger partial charge in [-0.2, -0.15) is 0 Å². The van der Waals surface area contributed by atoms with E-state index in [0.717, 1.165) is 62.2 Å². The van der Waals surface area contributed by atoms with Crippen LogP contribution in [-0.2, 0) is 4.79 Å². The highest BCUT2D eigenvalue weighted by molar-refractivity contribution is 6.55. The fourth-order valence-electron chi connectivity index (χ4n) is 7.45. The molecule has 27 heavy (non-hydrogen) atoms. The van der Waals surface area contributed by atoms with E-state index in [9.17, 15) is 4.79 Å². The second kappa shape index (κ2) is 7.50. The quantitative estimate of drug-likeness (QED) is 0.433.